The van der Waals surface area contributed by atoms with E-state index in [1.54, 1.807) is 31.3 Å². The Kier molecular flexibility index (Phi) is 3.95. The molecule has 0 aliphatic heterocycles. The number of amides is 1. The van der Waals surface area contributed by atoms with Crippen molar-refractivity contribution in [3.8, 4) is 11.3 Å². The monoisotopic (exact) mass is 254 g/mol. The van der Waals surface area contributed by atoms with E-state index in [-0.39, 0.29) is 5.91 Å². The van der Waals surface area contributed by atoms with E-state index in [0.29, 0.717) is 5.56 Å². The molecule has 2 rings (SSSR count). The molecular formula is C16H18N2O. The number of rotatable bonds is 3. The van der Waals surface area contributed by atoms with Crippen LogP contribution in [-0.2, 0) is 6.42 Å². The topological polar surface area (TPSA) is 33.2 Å². The number of nitrogens with zero attached hydrogens (tertiary/aromatic N) is 2. The van der Waals surface area contributed by atoms with Gasteiger partial charge in [-0.25, -0.2) is 0 Å². The van der Waals surface area contributed by atoms with E-state index in [9.17, 15) is 4.79 Å². The van der Waals surface area contributed by atoms with Crippen LogP contribution in [0.3, 0.4) is 0 Å². The van der Waals surface area contributed by atoms with Gasteiger partial charge in [0.25, 0.3) is 5.91 Å². The quantitative estimate of drug-likeness (QED) is 0.843. The van der Waals surface area contributed by atoms with Crippen molar-refractivity contribution in [3.63, 3.8) is 0 Å². The molecule has 0 atom stereocenters. The molecule has 98 valence electrons. The molecule has 3 heteroatoms. The second-order valence-electron chi connectivity index (χ2n) is 4.61. The fraction of sp³-hybridized carbons (Fsp3) is 0.250. The molecule has 1 amide bonds. The van der Waals surface area contributed by atoms with Gasteiger partial charge in [-0.2, -0.15) is 0 Å². The number of pyridine rings is 1. The Morgan fingerprint density at radius 3 is 2.58 bits per heavy atom. The van der Waals surface area contributed by atoms with Crippen molar-refractivity contribution >= 4 is 5.91 Å². The van der Waals surface area contributed by atoms with Crippen LogP contribution in [0.2, 0.25) is 0 Å². The molecule has 3 nitrogen and oxygen atoms in total. The van der Waals surface area contributed by atoms with Gasteiger partial charge in [-0.1, -0.05) is 31.2 Å². The van der Waals surface area contributed by atoms with Crippen molar-refractivity contribution in [2.24, 2.45) is 0 Å². The van der Waals surface area contributed by atoms with Crippen LogP contribution in [0, 0.1) is 0 Å². The normalized spacial score (nSPS) is 10.3. The van der Waals surface area contributed by atoms with Crippen molar-refractivity contribution < 1.29 is 4.79 Å². The summed E-state index contributed by atoms with van der Waals surface area (Å²) in [4.78, 5) is 18.2. The molecule has 0 radical (unpaired) electrons. The molecule has 0 fully saturated rings. The number of hydrogen-bond acceptors (Lipinski definition) is 2. The van der Waals surface area contributed by atoms with Gasteiger partial charge in [0, 0.05) is 25.9 Å². The predicted molar refractivity (Wildman–Crippen MR) is 77.1 cm³/mol. The molecule has 0 aliphatic carbocycles. The molecule has 0 N–H and O–H groups in total. The number of carbonyl (C=O) groups excluding carboxylic acids is 1. The minimum atomic E-state index is -0.0194. The van der Waals surface area contributed by atoms with E-state index in [1.807, 2.05) is 24.3 Å². The van der Waals surface area contributed by atoms with Gasteiger partial charge in [0.15, 0.2) is 0 Å². The largest absolute Gasteiger partial charge is 0.345 e. The maximum absolute atomic E-state index is 12.2. The summed E-state index contributed by atoms with van der Waals surface area (Å²) in [6.07, 6.45) is 2.65. The fourth-order valence-electron chi connectivity index (χ4n) is 2.09. The smallest absolute Gasteiger partial charge is 0.255 e. The Morgan fingerprint density at radius 1 is 1.16 bits per heavy atom. The minimum Gasteiger partial charge on any atom is -0.345 e. The third-order valence-electron chi connectivity index (χ3n) is 3.10. The Labute approximate surface area is 113 Å². The number of benzene rings is 1. The molecule has 1 aromatic heterocycles. The van der Waals surface area contributed by atoms with Crippen LogP contribution >= 0.6 is 0 Å². The first-order valence-electron chi connectivity index (χ1n) is 6.40. The van der Waals surface area contributed by atoms with Gasteiger partial charge in [-0.05, 0) is 24.1 Å². The molecule has 1 heterocycles. The second kappa shape index (κ2) is 5.65. The Morgan fingerprint density at radius 2 is 1.89 bits per heavy atom. The summed E-state index contributed by atoms with van der Waals surface area (Å²) in [6, 6.07) is 11.7. The van der Waals surface area contributed by atoms with Crippen molar-refractivity contribution in [3.05, 3.63) is 53.7 Å². The number of carbonyl (C=O) groups is 1. The highest BCUT2D eigenvalue weighted by Crippen LogP contribution is 2.25. The molecule has 19 heavy (non-hydrogen) atoms. The van der Waals surface area contributed by atoms with Crippen LogP contribution < -0.4 is 0 Å². The van der Waals surface area contributed by atoms with E-state index in [2.05, 4.69) is 18.0 Å². The predicted octanol–water partition coefficient (Wildman–Crippen LogP) is 3.01. The van der Waals surface area contributed by atoms with Crippen LogP contribution in [0.4, 0.5) is 0 Å². The van der Waals surface area contributed by atoms with Crippen LogP contribution in [0.15, 0.2) is 42.6 Å². The van der Waals surface area contributed by atoms with Gasteiger partial charge >= 0.3 is 0 Å². The SMILES string of the molecule is CCc1ccccc1-c1ncccc1C(=O)N(C)C. The molecule has 0 saturated carbocycles. The molecule has 1 aromatic carbocycles. The van der Waals surface area contributed by atoms with E-state index in [1.165, 1.54) is 5.56 Å². The molecule has 0 saturated heterocycles. The first kappa shape index (κ1) is 13.3. The summed E-state index contributed by atoms with van der Waals surface area (Å²) in [7, 11) is 3.51. The summed E-state index contributed by atoms with van der Waals surface area (Å²) in [6.45, 7) is 2.11. The molecule has 2 aromatic rings. The Hall–Kier alpha value is -2.16. The summed E-state index contributed by atoms with van der Waals surface area (Å²) in [5.41, 5.74) is 3.65. The maximum atomic E-state index is 12.2. The van der Waals surface area contributed by atoms with Crippen LogP contribution in [-0.4, -0.2) is 29.9 Å². The van der Waals surface area contributed by atoms with Gasteiger partial charge in [0.1, 0.15) is 0 Å². The van der Waals surface area contributed by atoms with E-state index in [0.717, 1.165) is 17.7 Å². The Balaban J connectivity index is 2.60. The molecular weight excluding hydrogens is 236 g/mol. The first-order valence-corrected chi connectivity index (χ1v) is 6.40. The van der Waals surface area contributed by atoms with Gasteiger partial charge in [0.05, 0.1) is 11.3 Å². The summed E-state index contributed by atoms with van der Waals surface area (Å²) < 4.78 is 0. The van der Waals surface area contributed by atoms with Gasteiger partial charge in [-0.3, -0.25) is 9.78 Å². The van der Waals surface area contributed by atoms with Crippen LogP contribution in [0.1, 0.15) is 22.8 Å². The molecule has 0 spiro atoms. The lowest BCUT2D eigenvalue weighted by Crippen LogP contribution is -2.22. The average molecular weight is 254 g/mol. The van der Waals surface area contributed by atoms with Crippen molar-refractivity contribution in [1.29, 1.82) is 0 Å². The molecule has 0 bridgehead atoms. The van der Waals surface area contributed by atoms with E-state index in [4.69, 9.17) is 0 Å². The highest BCUT2D eigenvalue weighted by Gasteiger charge is 2.16. The number of aromatic nitrogens is 1. The van der Waals surface area contributed by atoms with Crippen molar-refractivity contribution in [2.75, 3.05) is 14.1 Å². The lowest BCUT2D eigenvalue weighted by Gasteiger charge is -2.15. The lowest BCUT2D eigenvalue weighted by atomic mass is 9.98. The number of hydrogen-bond donors (Lipinski definition) is 0. The van der Waals surface area contributed by atoms with E-state index >= 15 is 0 Å². The first-order chi connectivity index (χ1) is 9.15. The third kappa shape index (κ3) is 2.65. The average Bonchev–Trinajstić information content (AvgIpc) is 2.46. The minimum absolute atomic E-state index is 0.0194. The van der Waals surface area contributed by atoms with Gasteiger partial charge in [0.2, 0.25) is 0 Å². The molecule has 0 aliphatic rings. The standard InChI is InChI=1S/C16H18N2O/c1-4-12-8-5-6-9-13(12)15-14(10-7-11-17-15)16(19)18(2)3/h5-11H,4H2,1-3H3. The summed E-state index contributed by atoms with van der Waals surface area (Å²) in [5.74, 6) is -0.0194. The highest BCUT2D eigenvalue weighted by molar-refractivity contribution is 5.99. The molecule has 0 unspecified atom stereocenters. The van der Waals surface area contributed by atoms with E-state index < -0.39 is 0 Å². The fourth-order valence-corrected chi connectivity index (χ4v) is 2.09. The third-order valence-corrected chi connectivity index (χ3v) is 3.10. The van der Waals surface area contributed by atoms with Crippen LogP contribution in [0.5, 0.6) is 0 Å². The van der Waals surface area contributed by atoms with Crippen LogP contribution in [0.25, 0.3) is 11.3 Å². The zero-order valence-electron chi connectivity index (χ0n) is 11.6. The van der Waals surface area contributed by atoms with Crippen molar-refractivity contribution in [2.45, 2.75) is 13.3 Å². The lowest BCUT2D eigenvalue weighted by molar-refractivity contribution is 0.0828. The van der Waals surface area contributed by atoms with Crippen molar-refractivity contribution in [1.82, 2.24) is 9.88 Å². The Bertz CT molecular complexity index is 591. The second-order valence-corrected chi connectivity index (χ2v) is 4.61. The number of aryl methyl sites for hydroxylation is 1. The summed E-state index contributed by atoms with van der Waals surface area (Å²) in [5, 5.41) is 0. The van der Waals surface area contributed by atoms with Gasteiger partial charge < -0.3 is 4.90 Å². The maximum Gasteiger partial charge on any atom is 0.255 e. The summed E-state index contributed by atoms with van der Waals surface area (Å²) >= 11 is 0. The highest BCUT2D eigenvalue weighted by atomic mass is 16.2. The zero-order valence-corrected chi connectivity index (χ0v) is 11.6. The van der Waals surface area contributed by atoms with Gasteiger partial charge in [-0.15, -0.1) is 0 Å². The zero-order chi connectivity index (χ0) is 13.8.